The first kappa shape index (κ1) is 20.2. The van der Waals surface area contributed by atoms with Gasteiger partial charge in [0.05, 0.1) is 0 Å². The van der Waals surface area contributed by atoms with Gasteiger partial charge in [-0.25, -0.2) is 4.79 Å². The molecular formula is C21H20BrN3O5. The highest BCUT2D eigenvalue weighted by Gasteiger charge is 2.48. The number of carbonyl (C=O) groups is 3. The highest BCUT2D eigenvalue weighted by molar-refractivity contribution is 9.10. The van der Waals surface area contributed by atoms with Crippen LogP contribution < -0.4 is 20.1 Å². The zero-order valence-electron chi connectivity index (χ0n) is 16.5. The van der Waals surface area contributed by atoms with Crippen molar-refractivity contribution < 1.29 is 23.9 Å². The predicted octanol–water partition coefficient (Wildman–Crippen LogP) is 2.98. The Morgan fingerprint density at radius 1 is 1.20 bits per heavy atom. The van der Waals surface area contributed by atoms with E-state index in [2.05, 4.69) is 26.6 Å². The molecule has 0 bridgehead atoms. The number of anilines is 1. The number of amides is 4. The van der Waals surface area contributed by atoms with E-state index in [4.69, 9.17) is 9.47 Å². The molecule has 8 nitrogen and oxygen atoms in total. The van der Waals surface area contributed by atoms with E-state index in [9.17, 15) is 14.4 Å². The Balaban J connectivity index is 1.43. The van der Waals surface area contributed by atoms with Crippen molar-refractivity contribution in [1.29, 1.82) is 0 Å². The Morgan fingerprint density at radius 3 is 2.73 bits per heavy atom. The number of urea groups is 1. The minimum absolute atomic E-state index is 0.159. The molecule has 1 saturated heterocycles. The van der Waals surface area contributed by atoms with Crippen molar-refractivity contribution in [3.05, 3.63) is 52.0 Å². The third-order valence-corrected chi connectivity index (χ3v) is 5.97. The fraction of sp³-hybridized carbons (Fsp3) is 0.286. The maximum Gasteiger partial charge on any atom is 0.325 e. The summed E-state index contributed by atoms with van der Waals surface area (Å²) in [5.74, 6) is 0.348. The molecule has 2 N–H and O–H groups in total. The number of nitrogens with one attached hydrogen (secondary N) is 2. The van der Waals surface area contributed by atoms with Gasteiger partial charge in [0.15, 0.2) is 11.5 Å². The van der Waals surface area contributed by atoms with Crippen LogP contribution in [-0.4, -0.2) is 41.6 Å². The lowest BCUT2D eigenvalue weighted by atomic mass is 9.92. The van der Waals surface area contributed by atoms with Crippen molar-refractivity contribution in [1.82, 2.24) is 10.2 Å². The zero-order chi connectivity index (χ0) is 21.5. The van der Waals surface area contributed by atoms with E-state index in [1.165, 1.54) is 0 Å². The molecule has 2 aliphatic heterocycles. The minimum Gasteiger partial charge on any atom is -0.454 e. The topological polar surface area (TPSA) is 97.0 Å². The number of benzene rings is 2. The van der Waals surface area contributed by atoms with Crippen LogP contribution in [0.1, 0.15) is 18.1 Å². The molecule has 0 saturated carbocycles. The van der Waals surface area contributed by atoms with Crippen molar-refractivity contribution in [2.75, 3.05) is 18.7 Å². The van der Waals surface area contributed by atoms with Crippen LogP contribution in [0.3, 0.4) is 0 Å². The summed E-state index contributed by atoms with van der Waals surface area (Å²) in [5, 5.41) is 5.43. The Bertz CT molecular complexity index is 1060. The summed E-state index contributed by atoms with van der Waals surface area (Å²) in [6.45, 7) is 3.34. The zero-order valence-corrected chi connectivity index (χ0v) is 18.0. The second-order valence-corrected chi connectivity index (χ2v) is 8.38. The van der Waals surface area contributed by atoms with E-state index < -0.39 is 23.4 Å². The average Bonchev–Trinajstić information content (AvgIpc) is 3.23. The molecule has 2 aromatic rings. The largest absolute Gasteiger partial charge is 0.454 e. The van der Waals surface area contributed by atoms with Gasteiger partial charge in [0.25, 0.3) is 5.91 Å². The average molecular weight is 474 g/mol. The number of hydrogen-bond acceptors (Lipinski definition) is 5. The molecular weight excluding hydrogens is 454 g/mol. The Kier molecular flexibility index (Phi) is 5.15. The van der Waals surface area contributed by atoms with Crippen LogP contribution in [0, 0.1) is 6.92 Å². The van der Waals surface area contributed by atoms with Gasteiger partial charge in [-0.1, -0.05) is 22.0 Å². The molecule has 2 aliphatic rings. The summed E-state index contributed by atoms with van der Waals surface area (Å²) in [5.41, 5.74) is 1.21. The van der Waals surface area contributed by atoms with Crippen LogP contribution in [-0.2, 0) is 16.0 Å². The number of fused-ring (bicyclic) bond motifs is 1. The van der Waals surface area contributed by atoms with Gasteiger partial charge in [0, 0.05) is 16.6 Å². The second-order valence-electron chi connectivity index (χ2n) is 7.53. The Morgan fingerprint density at radius 2 is 1.97 bits per heavy atom. The van der Waals surface area contributed by atoms with Gasteiger partial charge in [0.1, 0.15) is 12.1 Å². The van der Waals surface area contributed by atoms with Crippen LogP contribution in [0.2, 0.25) is 0 Å². The molecule has 30 heavy (non-hydrogen) atoms. The molecule has 4 amide bonds. The van der Waals surface area contributed by atoms with Crippen molar-refractivity contribution in [2.24, 2.45) is 0 Å². The molecule has 0 radical (unpaired) electrons. The van der Waals surface area contributed by atoms with E-state index >= 15 is 0 Å². The lowest BCUT2D eigenvalue weighted by Gasteiger charge is -2.22. The van der Waals surface area contributed by atoms with Gasteiger partial charge in [-0.15, -0.1) is 0 Å². The number of rotatable bonds is 5. The normalized spacial score (nSPS) is 19.8. The van der Waals surface area contributed by atoms with Crippen molar-refractivity contribution in [2.45, 2.75) is 25.8 Å². The molecule has 1 unspecified atom stereocenters. The maximum absolute atomic E-state index is 13.0. The maximum atomic E-state index is 13.0. The molecule has 4 rings (SSSR count). The third kappa shape index (κ3) is 3.85. The van der Waals surface area contributed by atoms with E-state index in [1.807, 2.05) is 19.1 Å². The van der Waals surface area contributed by atoms with Crippen molar-refractivity contribution in [3.8, 4) is 11.5 Å². The molecule has 0 spiro atoms. The van der Waals surface area contributed by atoms with Crippen LogP contribution >= 0.6 is 15.9 Å². The van der Waals surface area contributed by atoms with Crippen molar-refractivity contribution in [3.63, 3.8) is 0 Å². The van der Waals surface area contributed by atoms with Gasteiger partial charge >= 0.3 is 6.03 Å². The quantitative estimate of drug-likeness (QED) is 0.650. The van der Waals surface area contributed by atoms with E-state index in [-0.39, 0.29) is 19.8 Å². The predicted molar refractivity (Wildman–Crippen MR) is 112 cm³/mol. The molecule has 1 fully saturated rings. The summed E-state index contributed by atoms with van der Waals surface area (Å²) in [6.07, 6.45) is 0.262. The Labute approximate surface area is 181 Å². The number of halogens is 1. The number of imide groups is 1. The molecule has 9 heteroatoms. The first-order chi connectivity index (χ1) is 14.2. The summed E-state index contributed by atoms with van der Waals surface area (Å²) < 4.78 is 11.6. The smallest absolute Gasteiger partial charge is 0.325 e. The molecule has 0 aliphatic carbocycles. The van der Waals surface area contributed by atoms with Crippen LogP contribution in [0.15, 0.2) is 40.9 Å². The SMILES string of the molecule is Cc1cc(NC(=O)CN2C(=O)NC(C)(Cc3ccc4c(c3)OCO4)C2=O)ccc1Br. The third-order valence-electron chi connectivity index (χ3n) is 5.08. The first-order valence-electron chi connectivity index (χ1n) is 9.34. The fourth-order valence-electron chi connectivity index (χ4n) is 3.54. The van der Waals surface area contributed by atoms with Crippen LogP contribution in [0.4, 0.5) is 10.5 Å². The molecule has 2 aromatic carbocycles. The van der Waals surface area contributed by atoms with E-state index in [1.54, 1.807) is 31.2 Å². The van der Waals surface area contributed by atoms with Gasteiger partial charge < -0.3 is 20.1 Å². The molecule has 0 aromatic heterocycles. The number of nitrogens with zero attached hydrogens (tertiary/aromatic N) is 1. The van der Waals surface area contributed by atoms with Gasteiger partial charge in [-0.3, -0.25) is 14.5 Å². The van der Waals surface area contributed by atoms with E-state index in [0.29, 0.717) is 17.2 Å². The number of aryl methyl sites for hydroxylation is 1. The van der Waals surface area contributed by atoms with Gasteiger partial charge in [-0.2, -0.15) is 0 Å². The summed E-state index contributed by atoms with van der Waals surface area (Å²) >= 11 is 3.40. The minimum atomic E-state index is -1.15. The monoisotopic (exact) mass is 473 g/mol. The highest BCUT2D eigenvalue weighted by atomic mass is 79.9. The van der Waals surface area contributed by atoms with E-state index in [0.717, 1.165) is 20.5 Å². The van der Waals surface area contributed by atoms with Gasteiger partial charge in [0.2, 0.25) is 12.7 Å². The van der Waals surface area contributed by atoms with Crippen LogP contribution in [0.5, 0.6) is 11.5 Å². The second kappa shape index (κ2) is 7.64. The molecule has 156 valence electrons. The molecule has 1 atom stereocenters. The highest BCUT2D eigenvalue weighted by Crippen LogP contribution is 2.34. The summed E-state index contributed by atoms with van der Waals surface area (Å²) in [4.78, 5) is 38.8. The molecule has 2 heterocycles. The Hall–Kier alpha value is -3.07. The summed E-state index contributed by atoms with van der Waals surface area (Å²) in [6, 6.07) is 10.2. The van der Waals surface area contributed by atoms with Crippen LogP contribution in [0.25, 0.3) is 0 Å². The fourth-order valence-corrected chi connectivity index (χ4v) is 3.78. The number of carbonyl (C=O) groups excluding carboxylic acids is 3. The number of ether oxygens (including phenoxy) is 2. The lowest BCUT2D eigenvalue weighted by molar-refractivity contribution is -0.133. The van der Waals surface area contributed by atoms with Crippen molar-refractivity contribution >= 4 is 39.5 Å². The lowest BCUT2D eigenvalue weighted by Crippen LogP contribution is -2.46. The number of hydrogen-bond donors (Lipinski definition) is 2. The first-order valence-corrected chi connectivity index (χ1v) is 10.1. The summed E-state index contributed by atoms with van der Waals surface area (Å²) in [7, 11) is 0. The van der Waals surface area contributed by atoms with Gasteiger partial charge in [-0.05, 0) is 55.3 Å². The standard InChI is InChI=1S/C21H20BrN3O5/c1-12-7-14(4-5-15(12)22)23-18(26)10-25-19(27)21(2,24-20(25)28)9-13-3-6-16-17(8-13)30-11-29-16/h3-8H,9-11H2,1-2H3,(H,23,26)(H,24,28).